The van der Waals surface area contributed by atoms with Gasteiger partial charge >= 0.3 is 0 Å². The summed E-state index contributed by atoms with van der Waals surface area (Å²) in [7, 11) is 1.93. The first kappa shape index (κ1) is 13.8. The highest BCUT2D eigenvalue weighted by Gasteiger charge is 2.11. The number of aryl methyl sites for hydroxylation is 1. The molecule has 19 heavy (non-hydrogen) atoms. The summed E-state index contributed by atoms with van der Waals surface area (Å²) in [4.78, 5) is 0. The lowest BCUT2D eigenvalue weighted by molar-refractivity contribution is 0.532. The van der Waals surface area contributed by atoms with Crippen LogP contribution in [0.3, 0.4) is 0 Å². The summed E-state index contributed by atoms with van der Waals surface area (Å²) in [6, 6.07) is 15.8. The number of hydrogen-bond acceptors (Lipinski definition) is 1. The van der Waals surface area contributed by atoms with E-state index in [0.29, 0.717) is 6.42 Å². The molecular formula is C17H20FN. The lowest BCUT2D eigenvalue weighted by atomic mass is 9.98. The number of likely N-dealkylation sites (N-methyl/N-ethyl adjacent to an activating group) is 1. The van der Waals surface area contributed by atoms with Gasteiger partial charge in [-0.15, -0.1) is 0 Å². The summed E-state index contributed by atoms with van der Waals surface area (Å²) < 4.78 is 13.7. The first-order valence-electron chi connectivity index (χ1n) is 6.65. The molecule has 1 unspecified atom stereocenters. The van der Waals surface area contributed by atoms with Gasteiger partial charge < -0.3 is 5.32 Å². The van der Waals surface area contributed by atoms with Gasteiger partial charge in [-0.2, -0.15) is 0 Å². The van der Waals surface area contributed by atoms with Crippen LogP contribution < -0.4 is 5.32 Å². The summed E-state index contributed by atoms with van der Waals surface area (Å²) in [6.07, 6.45) is 1.61. The summed E-state index contributed by atoms with van der Waals surface area (Å²) in [5.74, 6) is -0.119. The predicted octanol–water partition coefficient (Wildman–Crippen LogP) is 3.51. The zero-order valence-electron chi connectivity index (χ0n) is 11.5. The van der Waals surface area contributed by atoms with E-state index in [0.717, 1.165) is 12.0 Å². The Kier molecular flexibility index (Phi) is 4.69. The van der Waals surface area contributed by atoms with Crippen LogP contribution in [-0.2, 0) is 12.8 Å². The second kappa shape index (κ2) is 6.48. The van der Waals surface area contributed by atoms with E-state index in [-0.39, 0.29) is 11.9 Å². The normalized spacial score (nSPS) is 12.4. The lowest BCUT2D eigenvalue weighted by Crippen LogP contribution is -2.30. The molecule has 0 spiro atoms. The monoisotopic (exact) mass is 257 g/mol. The van der Waals surface area contributed by atoms with Crippen LogP contribution in [-0.4, -0.2) is 13.1 Å². The Bertz CT molecular complexity index is 519. The average molecular weight is 257 g/mol. The second-order valence-electron chi connectivity index (χ2n) is 4.97. The molecule has 0 heterocycles. The van der Waals surface area contributed by atoms with Gasteiger partial charge in [-0.3, -0.25) is 0 Å². The maximum atomic E-state index is 13.7. The van der Waals surface area contributed by atoms with E-state index >= 15 is 0 Å². The van der Waals surface area contributed by atoms with Gasteiger partial charge in [0.15, 0.2) is 0 Å². The fourth-order valence-electron chi connectivity index (χ4n) is 2.21. The van der Waals surface area contributed by atoms with Crippen molar-refractivity contribution >= 4 is 0 Å². The van der Waals surface area contributed by atoms with Crippen molar-refractivity contribution in [2.24, 2.45) is 0 Å². The number of benzene rings is 2. The van der Waals surface area contributed by atoms with Crippen molar-refractivity contribution in [2.75, 3.05) is 7.05 Å². The number of hydrogen-bond donors (Lipinski definition) is 1. The van der Waals surface area contributed by atoms with Gasteiger partial charge in [-0.1, -0.05) is 48.0 Å². The van der Waals surface area contributed by atoms with Gasteiger partial charge in [0.1, 0.15) is 5.82 Å². The predicted molar refractivity (Wildman–Crippen MR) is 77.8 cm³/mol. The Morgan fingerprint density at radius 2 is 1.68 bits per heavy atom. The van der Waals surface area contributed by atoms with Crippen LogP contribution >= 0.6 is 0 Å². The molecule has 0 fully saturated rings. The Balaban J connectivity index is 2.05. The largest absolute Gasteiger partial charge is 0.316 e. The van der Waals surface area contributed by atoms with Gasteiger partial charge in [0.2, 0.25) is 0 Å². The Labute approximate surface area is 114 Å². The SMILES string of the molecule is CNC(Cc1ccc(C)cc1)Cc1ccccc1F. The molecule has 2 aromatic carbocycles. The molecule has 1 nitrogen and oxygen atoms in total. The molecule has 100 valence electrons. The van der Waals surface area contributed by atoms with Crippen molar-refractivity contribution in [1.82, 2.24) is 5.32 Å². The summed E-state index contributed by atoms with van der Waals surface area (Å²) in [6.45, 7) is 2.08. The van der Waals surface area contributed by atoms with Crippen molar-refractivity contribution in [3.63, 3.8) is 0 Å². The molecule has 0 amide bonds. The summed E-state index contributed by atoms with van der Waals surface area (Å²) in [5.41, 5.74) is 3.31. The first-order valence-corrected chi connectivity index (χ1v) is 6.65. The molecule has 2 aromatic rings. The van der Waals surface area contributed by atoms with E-state index in [1.165, 1.54) is 17.2 Å². The number of halogens is 1. The van der Waals surface area contributed by atoms with Crippen molar-refractivity contribution in [3.05, 3.63) is 71.0 Å². The first-order chi connectivity index (χ1) is 9.19. The average Bonchev–Trinajstić information content (AvgIpc) is 2.43. The zero-order valence-corrected chi connectivity index (χ0v) is 11.5. The van der Waals surface area contributed by atoms with E-state index in [9.17, 15) is 4.39 Å². The van der Waals surface area contributed by atoms with Crippen molar-refractivity contribution in [2.45, 2.75) is 25.8 Å². The molecular weight excluding hydrogens is 237 g/mol. The number of nitrogens with one attached hydrogen (secondary N) is 1. The van der Waals surface area contributed by atoms with Gasteiger partial charge in [0, 0.05) is 6.04 Å². The molecule has 0 saturated carbocycles. The molecule has 0 radical (unpaired) electrons. The van der Waals surface area contributed by atoms with Crippen LogP contribution in [0, 0.1) is 12.7 Å². The van der Waals surface area contributed by atoms with Crippen LogP contribution in [0.4, 0.5) is 4.39 Å². The van der Waals surface area contributed by atoms with Crippen LogP contribution in [0.1, 0.15) is 16.7 Å². The highest BCUT2D eigenvalue weighted by Crippen LogP contribution is 2.13. The molecule has 0 aliphatic rings. The van der Waals surface area contributed by atoms with E-state index in [4.69, 9.17) is 0 Å². The van der Waals surface area contributed by atoms with Crippen molar-refractivity contribution in [1.29, 1.82) is 0 Å². The Morgan fingerprint density at radius 3 is 2.32 bits per heavy atom. The fraction of sp³-hybridized carbons (Fsp3) is 0.294. The van der Waals surface area contributed by atoms with Crippen molar-refractivity contribution in [3.8, 4) is 0 Å². The quantitative estimate of drug-likeness (QED) is 0.864. The highest BCUT2D eigenvalue weighted by molar-refractivity contribution is 5.23. The van der Waals surface area contributed by atoms with E-state index < -0.39 is 0 Å². The van der Waals surface area contributed by atoms with E-state index in [1.807, 2.05) is 19.2 Å². The molecule has 0 aliphatic carbocycles. The maximum Gasteiger partial charge on any atom is 0.126 e. The zero-order chi connectivity index (χ0) is 13.7. The van der Waals surface area contributed by atoms with E-state index in [2.05, 4.69) is 36.5 Å². The van der Waals surface area contributed by atoms with Gasteiger partial charge in [0.25, 0.3) is 0 Å². The highest BCUT2D eigenvalue weighted by atomic mass is 19.1. The number of rotatable bonds is 5. The minimum Gasteiger partial charge on any atom is -0.316 e. The third-order valence-corrected chi connectivity index (χ3v) is 3.44. The van der Waals surface area contributed by atoms with E-state index in [1.54, 1.807) is 6.07 Å². The van der Waals surface area contributed by atoms with Crippen molar-refractivity contribution < 1.29 is 4.39 Å². The Morgan fingerprint density at radius 1 is 1.00 bits per heavy atom. The van der Waals surface area contributed by atoms with Crippen LogP contribution in [0.5, 0.6) is 0 Å². The molecule has 0 bridgehead atoms. The summed E-state index contributed by atoms with van der Waals surface area (Å²) in [5, 5.41) is 3.27. The van der Waals surface area contributed by atoms with Gasteiger partial charge in [-0.25, -0.2) is 4.39 Å². The lowest BCUT2D eigenvalue weighted by Gasteiger charge is -2.17. The third-order valence-electron chi connectivity index (χ3n) is 3.44. The molecule has 2 heteroatoms. The standard InChI is InChI=1S/C17H20FN/c1-13-7-9-14(10-8-13)11-16(19-2)12-15-5-3-4-6-17(15)18/h3-10,16,19H,11-12H2,1-2H3. The molecule has 1 N–H and O–H groups in total. The van der Waals surface area contributed by atoms with Crippen LogP contribution in [0.2, 0.25) is 0 Å². The van der Waals surface area contributed by atoms with Gasteiger partial charge in [-0.05, 0) is 44.0 Å². The maximum absolute atomic E-state index is 13.7. The van der Waals surface area contributed by atoms with Crippen LogP contribution in [0.25, 0.3) is 0 Å². The minimum absolute atomic E-state index is 0.119. The topological polar surface area (TPSA) is 12.0 Å². The second-order valence-corrected chi connectivity index (χ2v) is 4.97. The van der Waals surface area contributed by atoms with Crippen LogP contribution in [0.15, 0.2) is 48.5 Å². The molecule has 2 rings (SSSR count). The molecule has 1 atom stereocenters. The van der Waals surface area contributed by atoms with Gasteiger partial charge in [0.05, 0.1) is 0 Å². The fourth-order valence-corrected chi connectivity index (χ4v) is 2.21. The molecule has 0 saturated heterocycles. The molecule has 0 aliphatic heterocycles. The third kappa shape index (κ3) is 3.90. The summed E-state index contributed by atoms with van der Waals surface area (Å²) >= 11 is 0. The minimum atomic E-state index is -0.119. The molecule has 0 aromatic heterocycles. The Hall–Kier alpha value is -1.67. The smallest absolute Gasteiger partial charge is 0.126 e.